The highest BCUT2D eigenvalue weighted by atomic mass is 79.9. The van der Waals surface area contributed by atoms with E-state index in [2.05, 4.69) is 57.1 Å². The summed E-state index contributed by atoms with van der Waals surface area (Å²) >= 11 is 15.5. The van der Waals surface area contributed by atoms with Crippen molar-refractivity contribution in [1.29, 1.82) is 0 Å². The second-order valence-electron chi connectivity index (χ2n) is 6.62. The van der Waals surface area contributed by atoms with Crippen molar-refractivity contribution >= 4 is 79.8 Å². The number of ether oxygens (including phenoxy) is 2. The molecule has 0 atom stereocenters. The number of carbonyl (C=O) groups excluding carboxylic acids is 2. The van der Waals surface area contributed by atoms with E-state index in [-0.39, 0.29) is 11.5 Å². The molecule has 0 aromatic heterocycles. The molecule has 0 saturated heterocycles. The molecule has 26 heavy (non-hydrogen) atoms. The van der Waals surface area contributed by atoms with Crippen LogP contribution in [0.3, 0.4) is 0 Å². The van der Waals surface area contributed by atoms with E-state index in [1.54, 1.807) is 52.0 Å². The highest BCUT2D eigenvalue weighted by molar-refractivity contribution is 9.10. The molecule has 2 aromatic carbocycles. The fraction of sp³-hybridized carbons (Fsp3) is 0.333. The Bertz CT molecular complexity index is 811. The van der Waals surface area contributed by atoms with Gasteiger partial charge in [-0.2, -0.15) is 0 Å². The van der Waals surface area contributed by atoms with Crippen LogP contribution in [0.5, 0.6) is 11.5 Å². The van der Waals surface area contributed by atoms with Crippen molar-refractivity contribution in [3.63, 3.8) is 0 Å². The topological polar surface area (TPSA) is 52.6 Å². The number of alkyl halides is 2. The third kappa shape index (κ3) is 4.58. The summed E-state index contributed by atoms with van der Waals surface area (Å²) in [5, 5.41) is 1.19. The largest absolute Gasteiger partial charge is 0.424 e. The number of hydrogen-bond donors (Lipinski definition) is 2. The molecule has 0 aliphatic heterocycles. The van der Waals surface area contributed by atoms with Gasteiger partial charge < -0.3 is 9.47 Å². The van der Waals surface area contributed by atoms with E-state index in [4.69, 9.17) is 9.47 Å². The van der Waals surface area contributed by atoms with Crippen LogP contribution in [0, 0.1) is 0 Å². The van der Waals surface area contributed by atoms with E-state index >= 15 is 0 Å². The van der Waals surface area contributed by atoms with Crippen molar-refractivity contribution in [2.24, 2.45) is 0 Å². The third-order valence-electron chi connectivity index (χ3n) is 3.43. The summed E-state index contributed by atoms with van der Waals surface area (Å²) in [4.78, 5) is 25.3. The quantitative estimate of drug-likeness (QED) is 0.239. The Hall–Kier alpha value is -0.700. The van der Waals surface area contributed by atoms with E-state index in [0.717, 1.165) is 0 Å². The Kier molecular flexibility index (Phi) is 6.42. The molecule has 0 aliphatic rings. The molecule has 4 nitrogen and oxygen atoms in total. The van der Waals surface area contributed by atoms with E-state index in [1.165, 1.54) is 0 Å². The van der Waals surface area contributed by atoms with Crippen molar-refractivity contribution in [1.82, 2.24) is 0 Å². The highest BCUT2D eigenvalue weighted by Gasteiger charge is 2.31. The summed E-state index contributed by atoms with van der Waals surface area (Å²) in [7, 11) is 0. The van der Waals surface area contributed by atoms with Crippen molar-refractivity contribution in [3.05, 3.63) is 24.3 Å². The predicted octanol–water partition coefficient (Wildman–Crippen LogP) is 5.58. The Balaban J connectivity index is 2.65. The molecule has 0 spiro atoms. The molecule has 140 valence electrons. The summed E-state index contributed by atoms with van der Waals surface area (Å²) in [6.45, 7) is 6.74. The van der Waals surface area contributed by atoms with Crippen LogP contribution >= 0.6 is 57.1 Å². The molecule has 8 heteroatoms. The molecular formula is C18H18Br2O4S2. The van der Waals surface area contributed by atoms with Gasteiger partial charge >= 0.3 is 11.9 Å². The van der Waals surface area contributed by atoms with Gasteiger partial charge in [0.25, 0.3) is 0 Å². The molecule has 2 aromatic rings. The maximum Gasteiger partial charge on any atom is 0.327 e. The van der Waals surface area contributed by atoms with Gasteiger partial charge in [0, 0.05) is 10.8 Å². The van der Waals surface area contributed by atoms with Gasteiger partial charge in [-0.1, -0.05) is 56.1 Å². The van der Waals surface area contributed by atoms with Gasteiger partial charge in [0.1, 0.15) is 8.65 Å². The van der Waals surface area contributed by atoms with Gasteiger partial charge in [0.15, 0.2) is 11.5 Å². The van der Waals surface area contributed by atoms with E-state index < -0.39 is 20.6 Å². The maximum atomic E-state index is 12.3. The molecule has 0 saturated carbocycles. The highest BCUT2D eigenvalue weighted by Crippen LogP contribution is 2.45. The lowest BCUT2D eigenvalue weighted by Gasteiger charge is -2.21. The SMILES string of the molecule is CC(C)(Br)C(=O)Oc1c(S)c(S)c(OC(=O)C(C)(C)Br)c2ccccc12. The summed E-state index contributed by atoms with van der Waals surface area (Å²) in [6.07, 6.45) is 0. The molecular weight excluding hydrogens is 504 g/mol. The van der Waals surface area contributed by atoms with Gasteiger partial charge in [-0.3, -0.25) is 9.59 Å². The summed E-state index contributed by atoms with van der Waals surface area (Å²) in [6, 6.07) is 7.13. The number of carbonyl (C=O) groups is 2. The van der Waals surface area contributed by atoms with Gasteiger partial charge in [0.05, 0.1) is 9.79 Å². The Morgan fingerprint density at radius 3 is 1.38 bits per heavy atom. The first-order chi connectivity index (χ1) is 11.8. The lowest BCUT2D eigenvalue weighted by molar-refractivity contribution is -0.137. The minimum absolute atomic E-state index is 0.268. The lowest BCUT2D eigenvalue weighted by Crippen LogP contribution is -2.30. The average molecular weight is 522 g/mol. The van der Waals surface area contributed by atoms with Crippen LogP contribution in [0.15, 0.2) is 34.1 Å². The molecule has 0 N–H and O–H groups in total. The minimum Gasteiger partial charge on any atom is -0.424 e. The second-order valence-corrected chi connectivity index (χ2v) is 11.5. The number of hydrogen-bond acceptors (Lipinski definition) is 6. The van der Waals surface area contributed by atoms with E-state index in [9.17, 15) is 9.59 Å². The Morgan fingerprint density at radius 2 is 1.12 bits per heavy atom. The van der Waals surface area contributed by atoms with Crippen LogP contribution in [0.25, 0.3) is 10.8 Å². The van der Waals surface area contributed by atoms with E-state index in [1.807, 2.05) is 0 Å². The van der Waals surface area contributed by atoms with Crippen LogP contribution < -0.4 is 9.47 Å². The zero-order chi connectivity index (χ0) is 19.9. The molecule has 0 bridgehead atoms. The summed E-state index contributed by atoms with van der Waals surface area (Å²) in [5.74, 6) is -0.414. The van der Waals surface area contributed by atoms with E-state index in [0.29, 0.717) is 20.6 Å². The lowest BCUT2D eigenvalue weighted by atomic mass is 10.1. The van der Waals surface area contributed by atoms with Gasteiger partial charge in [-0.05, 0) is 27.7 Å². The Labute approximate surface area is 180 Å². The van der Waals surface area contributed by atoms with Gasteiger partial charge in [-0.15, -0.1) is 25.3 Å². The Morgan fingerprint density at radius 1 is 0.808 bits per heavy atom. The number of thiol groups is 2. The fourth-order valence-electron chi connectivity index (χ4n) is 1.98. The molecule has 2 rings (SSSR count). The molecule has 0 heterocycles. The van der Waals surface area contributed by atoms with Crippen LogP contribution in [0.4, 0.5) is 0 Å². The monoisotopic (exact) mass is 520 g/mol. The molecule has 0 fully saturated rings. The zero-order valence-electron chi connectivity index (χ0n) is 14.6. The van der Waals surface area contributed by atoms with Crippen LogP contribution in [-0.2, 0) is 9.59 Å². The zero-order valence-corrected chi connectivity index (χ0v) is 19.6. The number of halogens is 2. The van der Waals surface area contributed by atoms with Crippen molar-refractivity contribution in [2.45, 2.75) is 46.1 Å². The first-order valence-corrected chi connectivity index (χ1v) is 10.1. The molecule has 0 unspecified atom stereocenters. The normalized spacial score (nSPS) is 12.2. The van der Waals surface area contributed by atoms with Crippen LogP contribution in [0.1, 0.15) is 27.7 Å². The number of benzene rings is 2. The van der Waals surface area contributed by atoms with Gasteiger partial charge in [0.2, 0.25) is 0 Å². The van der Waals surface area contributed by atoms with Crippen molar-refractivity contribution < 1.29 is 19.1 Å². The summed E-state index contributed by atoms with van der Waals surface area (Å²) in [5.41, 5.74) is 0. The fourth-order valence-corrected chi connectivity index (χ4v) is 2.68. The number of rotatable bonds is 4. The first kappa shape index (κ1) is 21.6. The standard InChI is InChI=1S/C18H18Br2O4S2/c1-17(2,19)15(21)23-11-9-7-5-6-8-10(9)12(14(26)13(11)25)24-16(22)18(3,4)20/h5-8,25-26H,1-4H3. The maximum absolute atomic E-state index is 12.3. The third-order valence-corrected chi connectivity index (χ3v) is 5.11. The molecule has 0 aliphatic carbocycles. The first-order valence-electron chi connectivity index (χ1n) is 7.63. The van der Waals surface area contributed by atoms with Crippen LogP contribution in [-0.4, -0.2) is 20.6 Å². The molecule has 0 amide bonds. The van der Waals surface area contributed by atoms with Crippen LogP contribution in [0.2, 0.25) is 0 Å². The average Bonchev–Trinajstić information content (AvgIpc) is 2.53. The van der Waals surface area contributed by atoms with Gasteiger partial charge in [-0.25, -0.2) is 0 Å². The summed E-state index contributed by atoms with van der Waals surface area (Å²) < 4.78 is 9.41. The van der Waals surface area contributed by atoms with Crippen molar-refractivity contribution in [2.75, 3.05) is 0 Å². The van der Waals surface area contributed by atoms with Crippen molar-refractivity contribution in [3.8, 4) is 11.5 Å². The predicted molar refractivity (Wildman–Crippen MR) is 116 cm³/mol. The number of fused-ring (bicyclic) bond motifs is 1. The number of esters is 2. The second kappa shape index (κ2) is 7.73. The smallest absolute Gasteiger partial charge is 0.327 e. The molecule has 0 radical (unpaired) electrons. The minimum atomic E-state index is -0.865.